The smallest absolute Gasteiger partial charge is 0.191 e. The number of guanidine groups is 1. The Hall–Kier alpha value is -1.84. The highest BCUT2D eigenvalue weighted by Gasteiger charge is 2.13. The molecule has 3 rings (SSSR count). The van der Waals surface area contributed by atoms with Crippen molar-refractivity contribution in [3.8, 4) is 5.75 Å². The highest BCUT2D eigenvalue weighted by Crippen LogP contribution is 2.14. The molecule has 0 aromatic heterocycles. The zero-order valence-electron chi connectivity index (χ0n) is 18.5. The third-order valence-electron chi connectivity index (χ3n) is 5.28. The van der Waals surface area contributed by atoms with Crippen molar-refractivity contribution in [1.82, 2.24) is 15.5 Å². The average molecular weight is 538 g/mol. The summed E-state index contributed by atoms with van der Waals surface area (Å²) >= 11 is 0. The van der Waals surface area contributed by atoms with Crippen LogP contribution in [0.1, 0.15) is 24.5 Å². The molecule has 1 saturated heterocycles. The molecule has 2 aromatic carbocycles. The first-order valence-electron chi connectivity index (χ1n) is 10.8. The van der Waals surface area contributed by atoms with Crippen LogP contribution in [-0.4, -0.2) is 56.9 Å². The molecule has 2 N–H and O–H groups in total. The van der Waals surface area contributed by atoms with Gasteiger partial charge in [-0.1, -0.05) is 49.4 Å². The second-order valence-corrected chi connectivity index (χ2v) is 7.43. The lowest BCUT2D eigenvalue weighted by Gasteiger charge is -2.27. The number of morpholine rings is 1. The summed E-state index contributed by atoms with van der Waals surface area (Å²) in [6.45, 7) is 8.14. The van der Waals surface area contributed by atoms with Crippen LogP contribution in [-0.2, 0) is 17.8 Å². The van der Waals surface area contributed by atoms with Crippen LogP contribution in [0.4, 0.5) is 0 Å². The minimum Gasteiger partial charge on any atom is -0.489 e. The molecule has 1 heterocycles. The summed E-state index contributed by atoms with van der Waals surface area (Å²) in [5, 5.41) is 6.85. The Balaban J connectivity index is 0.00000341. The maximum atomic E-state index is 6.06. The largest absolute Gasteiger partial charge is 0.489 e. The highest BCUT2D eigenvalue weighted by molar-refractivity contribution is 14.0. The Bertz CT molecular complexity index is 782. The van der Waals surface area contributed by atoms with Gasteiger partial charge in [-0.05, 0) is 29.7 Å². The number of aliphatic imine (C=N–C) groups is 1. The number of rotatable bonds is 9. The molecule has 7 heteroatoms. The molecule has 1 aliphatic rings. The van der Waals surface area contributed by atoms with Crippen LogP contribution in [0.3, 0.4) is 0 Å². The normalized spacial score (nSPS) is 15.6. The molecular formula is C24H35IN4O2. The maximum absolute atomic E-state index is 6.06. The van der Waals surface area contributed by atoms with Gasteiger partial charge >= 0.3 is 0 Å². The van der Waals surface area contributed by atoms with Crippen molar-refractivity contribution < 1.29 is 9.47 Å². The van der Waals surface area contributed by atoms with E-state index in [2.05, 4.69) is 51.7 Å². The Morgan fingerprint density at radius 2 is 1.71 bits per heavy atom. The topological polar surface area (TPSA) is 58.1 Å². The van der Waals surface area contributed by atoms with Gasteiger partial charge in [0.1, 0.15) is 11.9 Å². The van der Waals surface area contributed by atoms with Crippen LogP contribution in [0.25, 0.3) is 0 Å². The van der Waals surface area contributed by atoms with E-state index >= 15 is 0 Å². The van der Waals surface area contributed by atoms with E-state index < -0.39 is 0 Å². The summed E-state index contributed by atoms with van der Waals surface area (Å²) < 4.78 is 11.5. The van der Waals surface area contributed by atoms with Crippen LogP contribution in [0.2, 0.25) is 0 Å². The molecule has 0 amide bonds. The Kier molecular flexibility index (Phi) is 11.7. The molecule has 0 radical (unpaired) electrons. The van der Waals surface area contributed by atoms with Gasteiger partial charge in [-0.3, -0.25) is 9.89 Å². The lowest BCUT2D eigenvalue weighted by molar-refractivity contribution is 0.0341. The van der Waals surface area contributed by atoms with Gasteiger partial charge in [0.05, 0.1) is 19.8 Å². The molecule has 1 atom stereocenters. The highest BCUT2D eigenvalue weighted by atomic mass is 127. The molecule has 1 unspecified atom stereocenters. The lowest BCUT2D eigenvalue weighted by atomic mass is 10.1. The standard InChI is InChI=1S/C24H34N4O2.HI/c1-3-22(30-23-11-5-4-6-12-23)18-27-24(25-2)26-17-20-9-7-8-10-21(20)19-28-13-15-29-16-14-28;/h4-12,22H,3,13-19H2,1-2H3,(H2,25,26,27);1H. The van der Waals surface area contributed by atoms with E-state index in [0.717, 1.165) is 57.5 Å². The minimum absolute atomic E-state index is 0. The monoisotopic (exact) mass is 538 g/mol. The van der Waals surface area contributed by atoms with Crippen LogP contribution >= 0.6 is 24.0 Å². The number of ether oxygens (including phenoxy) is 2. The molecule has 1 fully saturated rings. The summed E-state index contributed by atoms with van der Waals surface area (Å²) in [6, 6.07) is 18.6. The van der Waals surface area contributed by atoms with Crippen molar-refractivity contribution in [2.75, 3.05) is 39.9 Å². The molecule has 6 nitrogen and oxygen atoms in total. The number of hydrogen-bond acceptors (Lipinski definition) is 4. The van der Waals surface area contributed by atoms with E-state index in [0.29, 0.717) is 6.54 Å². The third kappa shape index (κ3) is 8.66. The SMILES string of the molecule is CCC(CNC(=NC)NCc1ccccc1CN1CCOCC1)Oc1ccccc1.I. The molecule has 0 bridgehead atoms. The quantitative estimate of drug-likeness (QED) is 0.290. The van der Waals surface area contributed by atoms with Crippen molar-refractivity contribution in [1.29, 1.82) is 0 Å². The fourth-order valence-electron chi connectivity index (χ4n) is 3.46. The van der Waals surface area contributed by atoms with Crippen molar-refractivity contribution >= 4 is 29.9 Å². The summed E-state index contributed by atoms with van der Waals surface area (Å²) in [5.74, 6) is 1.68. The first-order chi connectivity index (χ1) is 14.8. The van der Waals surface area contributed by atoms with E-state index in [9.17, 15) is 0 Å². The van der Waals surface area contributed by atoms with Gasteiger partial charge in [0.25, 0.3) is 0 Å². The van der Waals surface area contributed by atoms with Gasteiger partial charge in [-0.2, -0.15) is 0 Å². The summed E-state index contributed by atoms with van der Waals surface area (Å²) in [7, 11) is 1.80. The molecule has 1 aliphatic heterocycles. The average Bonchev–Trinajstić information content (AvgIpc) is 2.80. The second-order valence-electron chi connectivity index (χ2n) is 7.43. The lowest BCUT2D eigenvalue weighted by Crippen LogP contribution is -2.42. The molecule has 31 heavy (non-hydrogen) atoms. The Morgan fingerprint density at radius 1 is 1.03 bits per heavy atom. The third-order valence-corrected chi connectivity index (χ3v) is 5.28. The van der Waals surface area contributed by atoms with E-state index in [4.69, 9.17) is 9.47 Å². The van der Waals surface area contributed by atoms with Gasteiger partial charge in [0.15, 0.2) is 5.96 Å². The van der Waals surface area contributed by atoms with Gasteiger partial charge in [-0.15, -0.1) is 24.0 Å². The first kappa shape index (κ1) is 25.4. The molecular weight excluding hydrogens is 503 g/mol. The van der Waals surface area contributed by atoms with Crippen molar-refractivity contribution in [2.45, 2.75) is 32.5 Å². The van der Waals surface area contributed by atoms with E-state index in [-0.39, 0.29) is 30.1 Å². The zero-order valence-corrected chi connectivity index (χ0v) is 20.9. The van der Waals surface area contributed by atoms with E-state index in [1.54, 1.807) is 7.05 Å². The van der Waals surface area contributed by atoms with Gasteiger partial charge in [-0.25, -0.2) is 0 Å². The van der Waals surface area contributed by atoms with Gasteiger partial charge < -0.3 is 20.1 Å². The number of hydrogen-bond donors (Lipinski definition) is 2. The van der Waals surface area contributed by atoms with Crippen molar-refractivity contribution in [2.24, 2.45) is 4.99 Å². The first-order valence-corrected chi connectivity index (χ1v) is 10.8. The fraction of sp³-hybridized carbons (Fsp3) is 0.458. The van der Waals surface area contributed by atoms with Crippen molar-refractivity contribution in [3.63, 3.8) is 0 Å². The predicted octanol–water partition coefficient (Wildman–Crippen LogP) is 3.66. The molecule has 2 aromatic rings. The fourth-order valence-corrected chi connectivity index (χ4v) is 3.46. The second kappa shape index (κ2) is 14.3. The maximum Gasteiger partial charge on any atom is 0.191 e. The minimum atomic E-state index is 0. The summed E-state index contributed by atoms with van der Waals surface area (Å²) in [5.41, 5.74) is 2.64. The van der Waals surface area contributed by atoms with Crippen LogP contribution in [0, 0.1) is 0 Å². The number of benzene rings is 2. The van der Waals surface area contributed by atoms with Gasteiger partial charge in [0, 0.05) is 33.2 Å². The number of halogens is 1. The molecule has 0 aliphatic carbocycles. The number of nitrogens with zero attached hydrogens (tertiary/aromatic N) is 2. The van der Waals surface area contributed by atoms with Crippen molar-refractivity contribution in [3.05, 3.63) is 65.7 Å². The van der Waals surface area contributed by atoms with Crippen LogP contribution in [0.15, 0.2) is 59.6 Å². The van der Waals surface area contributed by atoms with Gasteiger partial charge in [0.2, 0.25) is 0 Å². The molecule has 0 saturated carbocycles. The zero-order chi connectivity index (χ0) is 21.0. The number of nitrogens with one attached hydrogen (secondary N) is 2. The Labute approximate surface area is 203 Å². The summed E-state index contributed by atoms with van der Waals surface area (Å²) in [6.07, 6.45) is 1.00. The Morgan fingerprint density at radius 3 is 2.39 bits per heavy atom. The van der Waals surface area contributed by atoms with Crippen LogP contribution in [0.5, 0.6) is 5.75 Å². The number of para-hydroxylation sites is 1. The molecule has 0 spiro atoms. The summed E-state index contributed by atoms with van der Waals surface area (Å²) in [4.78, 5) is 6.82. The predicted molar refractivity (Wildman–Crippen MR) is 137 cm³/mol. The van der Waals surface area contributed by atoms with E-state index in [1.807, 2.05) is 30.3 Å². The van der Waals surface area contributed by atoms with Crippen LogP contribution < -0.4 is 15.4 Å². The molecule has 170 valence electrons. The van der Waals surface area contributed by atoms with E-state index in [1.165, 1.54) is 11.1 Å².